The minimum absolute atomic E-state index is 0.331. The number of halogens is 1. The number of carbonyl (C=O) groups excluding carboxylic acids is 1. The highest BCUT2D eigenvalue weighted by atomic mass is 79.9. The molecule has 2 aliphatic heterocycles. The van der Waals surface area contributed by atoms with Crippen LogP contribution in [0.2, 0.25) is 0 Å². The monoisotopic (exact) mass is 303 g/mol. The van der Waals surface area contributed by atoms with Crippen LogP contribution in [0.3, 0.4) is 0 Å². The molecule has 0 aromatic carbocycles. The number of nitrogens with zero attached hydrogens (tertiary/aromatic N) is 1. The Morgan fingerprint density at radius 3 is 2.94 bits per heavy atom. The highest BCUT2D eigenvalue weighted by molar-refractivity contribution is 9.09. The standard InChI is InChI=1S/C13H22BrNO2/c14-7-5-11-6-8-15(10-11)13(16)4-3-12-2-1-9-17-12/h11-12H,1-10H2. The van der Waals surface area contributed by atoms with Crippen LogP contribution < -0.4 is 0 Å². The smallest absolute Gasteiger partial charge is 0.222 e. The quantitative estimate of drug-likeness (QED) is 0.731. The van der Waals surface area contributed by atoms with Gasteiger partial charge in [0.2, 0.25) is 5.91 Å². The van der Waals surface area contributed by atoms with Gasteiger partial charge in [-0.3, -0.25) is 4.79 Å². The van der Waals surface area contributed by atoms with E-state index in [0.717, 1.165) is 44.3 Å². The average Bonchev–Trinajstić information content (AvgIpc) is 2.97. The van der Waals surface area contributed by atoms with E-state index in [0.29, 0.717) is 24.3 Å². The summed E-state index contributed by atoms with van der Waals surface area (Å²) >= 11 is 3.47. The summed E-state index contributed by atoms with van der Waals surface area (Å²) in [6, 6.07) is 0. The molecule has 1 amide bonds. The third-order valence-electron chi connectivity index (χ3n) is 3.86. The van der Waals surface area contributed by atoms with Crippen molar-refractivity contribution >= 4 is 21.8 Å². The Bertz CT molecular complexity index is 254. The van der Waals surface area contributed by atoms with Crippen molar-refractivity contribution in [2.45, 2.75) is 44.6 Å². The van der Waals surface area contributed by atoms with Gasteiger partial charge in [0.15, 0.2) is 0 Å². The fourth-order valence-corrected chi connectivity index (χ4v) is 3.41. The van der Waals surface area contributed by atoms with Crippen LogP contribution in [0.5, 0.6) is 0 Å². The summed E-state index contributed by atoms with van der Waals surface area (Å²) in [5, 5.41) is 1.05. The zero-order valence-corrected chi connectivity index (χ0v) is 12.0. The number of rotatable bonds is 5. The first-order valence-corrected chi connectivity index (χ1v) is 7.87. The third kappa shape index (κ3) is 3.95. The topological polar surface area (TPSA) is 29.5 Å². The molecule has 0 bridgehead atoms. The van der Waals surface area contributed by atoms with E-state index < -0.39 is 0 Å². The van der Waals surface area contributed by atoms with Crippen molar-refractivity contribution in [1.29, 1.82) is 0 Å². The van der Waals surface area contributed by atoms with E-state index in [4.69, 9.17) is 4.74 Å². The van der Waals surface area contributed by atoms with E-state index >= 15 is 0 Å². The molecule has 2 atom stereocenters. The molecule has 0 N–H and O–H groups in total. The van der Waals surface area contributed by atoms with Crippen molar-refractivity contribution in [3.63, 3.8) is 0 Å². The van der Waals surface area contributed by atoms with Crippen LogP contribution in [-0.2, 0) is 9.53 Å². The van der Waals surface area contributed by atoms with Crippen molar-refractivity contribution < 1.29 is 9.53 Å². The number of hydrogen-bond donors (Lipinski definition) is 0. The zero-order valence-electron chi connectivity index (χ0n) is 10.4. The average molecular weight is 304 g/mol. The number of carbonyl (C=O) groups is 1. The molecule has 0 saturated carbocycles. The Balaban J connectivity index is 1.66. The molecule has 2 unspecified atom stereocenters. The van der Waals surface area contributed by atoms with Gasteiger partial charge in [-0.15, -0.1) is 0 Å². The fourth-order valence-electron chi connectivity index (χ4n) is 2.76. The van der Waals surface area contributed by atoms with Crippen LogP contribution in [0, 0.1) is 5.92 Å². The molecule has 2 aliphatic rings. The van der Waals surface area contributed by atoms with Gasteiger partial charge in [0.05, 0.1) is 6.10 Å². The molecule has 0 aliphatic carbocycles. The van der Waals surface area contributed by atoms with E-state index in [9.17, 15) is 4.79 Å². The second kappa shape index (κ2) is 6.74. The molecule has 2 rings (SSSR count). The van der Waals surface area contributed by atoms with Crippen molar-refractivity contribution in [3.05, 3.63) is 0 Å². The highest BCUT2D eigenvalue weighted by Crippen LogP contribution is 2.22. The lowest BCUT2D eigenvalue weighted by molar-refractivity contribution is -0.130. The zero-order chi connectivity index (χ0) is 12.1. The maximum atomic E-state index is 12.0. The summed E-state index contributed by atoms with van der Waals surface area (Å²) < 4.78 is 5.55. The van der Waals surface area contributed by atoms with E-state index in [1.807, 2.05) is 4.90 Å². The van der Waals surface area contributed by atoms with Gasteiger partial charge >= 0.3 is 0 Å². The van der Waals surface area contributed by atoms with Crippen LogP contribution >= 0.6 is 15.9 Å². The predicted octanol–water partition coefficient (Wildman–Crippen LogP) is 2.58. The maximum absolute atomic E-state index is 12.0. The summed E-state index contributed by atoms with van der Waals surface area (Å²) in [6.07, 6.45) is 6.60. The van der Waals surface area contributed by atoms with Gasteiger partial charge in [-0.1, -0.05) is 15.9 Å². The van der Waals surface area contributed by atoms with E-state index in [2.05, 4.69) is 15.9 Å². The van der Waals surface area contributed by atoms with E-state index in [1.165, 1.54) is 12.8 Å². The molecule has 17 heavy (non-hydrogen) atoms. The normalized spacial score (nSPS) is 28.9. The molecule has 2 saturated heterocycles. The fraction of sp³-hybridized carbons (Fsp3) is 0.923. The van der Waals surface area contributed by atoms with Gasteiger partial charge in [0.1, 0.15) is 0 Å². The molecular weight excluding hydrogens is 282 g/mol. The molecule has 3 nitrogen and oxygen atoms in total. The largest absolute Gasteiger partial charge is 0.378 e. The van der Waals surface area contributed by atoms with Gasteiger partial charge in [0, 0.05) is 31.4 Å². The molecule has 98 valence electrons. The summed E-state index contributed by atoms with van der Waals surface area (Å²) in [6.45, 7) is 2.81. The number of likely N-dealkylation sites (tertiary alicyclic amines) is 1. The van der Waals surface area contributed by atoms with Crippen LogP contribution in [0.15, 0.2) is 0 Å². The Hall–Kier alpha value is -0.0900. The Morgan fingerprint density at radius 1 is 1.35 bits per heavy atom. The molecule has 4 heteroatoms. The molecule has 2 fully saturated rings. The lowest BCUT2D eigenvalue weighted by atomic mass is 10.1. The maximum Gasteiger partial charge on any atom is 0.222 e. The van der Waals surface area contributed by atoms with Gasteiger partial charge < -0.3 is 9.64 Å². The Morgan fingerprint density at radius 2 is 2.24 bits per heavy atom. The van der Waals surface area contributed by atoms with E-state index in [-0.39, 0.29) is 0 Å². The van der Waals surface area contributed by atoms with Crippen molar-refractivity contribution in [1.82, 2.24) is 4.90 Å². The number of alkyl halides is 1. The van der Waals surface area contributed by atoms with Crippen molar-refractivity contribution in [3.8, 4) is 0 Å². The molecule has 0 radical (unpaired) electrons. The second-order valence-electron chi connectivity index (χ2n) is 5.15. The minimum atomic E-state index is 0.331. The van der Waals surface area contributed by atoms with Gasteiger partial charge in [-0.25, -0.2) is 0 Å². The SMILES string of the molecule is O=C(CCC1CCCO1)N1CCC(CCBr)C1. The lowest BCUT2D eigenvalue weighted by Gasteiger charge is -2.17. The van der Waals surface area contributed by atoms with Gasteiger partial charge in [-0.05, 0) is 38.0 Å². The van der Waals surface area contributed by atoms with Crippen LogP contribution in [0.4, 0.5) is 0 Å². The van der Waals surface area contributed by atoms with E-state index in [1.54, 1.807) is 0 Å². The summed E-state index contributed by atoms with van der Waals surface area (Å²) in [7, 11) is 0. The van der Waals surface area contributed by atoms with Crippen molar-refractivity contribution in [2.75, 3.05) is 25.0 Å². The summed E-state index contributed by atoms with van der Waals surface area (Å²) in [4.78, 5) is 14.1. The summed E-state index contributed by atoms with van der Waals surface area (Å²) in [5.74, 6) is 1.04. The number of hydrogen-bond acceptors (Lipinski definition) is 2. The number of ether oxygens (including phenoxy) is 1. The van der Waals surface area contributed by atoms with Crippen LogP contribution in [0.1, 0.15) is 38.5 Å². The second-order valence-corrected chi connectivity index (χ2v) is 5.94. The third-order valence-corrected chi connectivity index (χ3v) is 4.32. The molecule has 0 aromatic rings. The predicted molar refractivity (Wildman–Crippen MR) is 71.3 cm³/mol. The minimum Gasteiger partial charge on any atom is -0.378 e. The van der Waals surface area contributed by atoms with Crippen LogP contribution in [-0.4, -0.2) is 41.9 Å². The molecule has 0 spiro atoms. The first-order valence-electron chi connectivity index (χ1n) is 6.75. The highest BCUT2D eigenvalue weighted by Gasteiger charge is 2.26. The lowest BCUT2D eigenvalue weighted by Crippen LogP contribution is -2.29. The molecule has 0 aromatic heterocycles. The van der Waals surface area contributed by atoms with Gasteiger partial charge in [0.25, 0.3) is 0 Å². The number of amides is 1. The van der Waals surface area contributed by atoms with Crippen LogP contribution in [0.25, 0.3) is 0 Å². The Kier molecular flexibility index (Phi) is 5.29. The Labute approximate surface area is 112 Å². The first kappa shape index (κ1) is 13.3. The summed E-state index contributed by atoms with van der Waals surface area (Å²) in [5.41, 5.74) is 0. The first-order chi connectivity index (χ1) is 8.29. The van der Waals surface area contributed by atoms with Crippen molar-refractivity contribution in [2.24, 2.45) is 5.92 Å². The molecule has 2 heterocycles. The molecular formula is C13H22BrNO2. The van der Waals surface area contributed by atoms with Gasteiger partial charge in [-0.2, -0.15) is 0 Å².